The van der Waals surface area contributed by atoms with E-state index in [2.05, 4.69) is 15.0 Å². The maximum Gasteiger partial charge on any atom is 0.330 e. The monoisotopic (exact) mass is 482 g/mol. The molecule has 4 N–H and O–H groups in total. The number of aromatic nitrogens is 4. The van der Waals surface area contributed by atoms with Gasteiger partial charge >= 0.3 is 5.69 Å². The standard InChI is InChI=1S/C24H24F2N6O3/c1-2-3-11-31-20(27)18(22(33)30-24(31)35)32(13-14-7-5-4-6-8-14)23(34)15-9-10-16-17(12-15)29-21(28-16)19(25)26/h4-10,12,19H,2-3,11,13,27H2,1H3,(H,28,29)(H,30,33,35). The van der Waals surface area contributed by atoms with Crippen LogP contribution in [0.25, 0.3) is 11.0 Å². The minimum Gasteiger partial charge on any atom is -0.383 e. The number of nitrogen functional groups attached to an aromatic ring is 1. The summed E-state index contributed by atoms with van der Waals surface area (Å²) in [7, 11) is 0. The van der Waals surface area contributed by atoms with E-state index in [-0.39, 0.29) is 41.2 Å². The van der Waals surface area contributed by atoms with E-state index in [1.165, 1.54) is 27.7 Å². The molecule has 2 heterocycles. The first-order valence-corrected chi connectivity index (χ1v) is 11.1. The number of H-pyrrole nitrogens is 2. The number of aromatic amines is 2. The van der Waals surface area contributed by atoms with Crippen molar-refractivity contribution in [2.75, 3.05) is 10.6 Å². The van der Waals surface area contributed by atoms with E-state index in [0.717, 1.165) is 6.42 Å². The number of nitrogens with one attached hydrogen (secondary N) is 2. The molecule has 0 saturated carbocycles. The summed E-state index contributed by atoms with van der Waals surface area (Å²) in [6.07, 6.45) is -1.36. The third kappa shape index (κ3) is 4.84. The average molecular weight is 482 g/mol. The molecule has 11 heteroatoms. The molecule has 0 fully saturated rings. The Labute approximate surface area is 198 Å². The second-order valence-electron chi connectivity index (χ2n) is 8.03. The van der Waals surface area contributed by atoms with Crippen molar-refractivity contribution in [1.82, 2.24) is 19.5 Å². The molecule has 2 aromatic heterocycles. The van der Waals surface area contributed by atoms with Gasteiger partial charge in [-0.1, -0.05) is 43.7 Å². The summed E-state index contributed by atoms with van der Waals surface area (Å²) in [4.78, 5) is 48.8. The Balaban J connectivity index is 1.84. The Kier molecular flexibility index (Phi) is 6.76. The Morgan fingerprint density at radius 1 is 1.14 bits per heavy atom. The minimum absolute atomic E-state index is 0.0117. The highest BCUT2D eigenvalue weighted by molar-refractivity contribution is 6.08. The summed E-state index contributed by atoms with van der Waals surface area (Å²) in [5, 5.41) is 0. The maximum absolute atomic E-state index is 13.7. The topological polar surface area (TPSA) is 130 Å². The predicted molar refractivity (Wildman–Crippen MR) is 129 cm³/mol. The van der Waals surface area contributed by atoms with Crippen LogP contribution in [-0.4, -0.2) is 25.4 Å². The van der Waals surface area contributed by atoms with Crippen LogP contribution in [-0.2, 0) is 13.1 Å². The molecule has 0 aliphatic heterocycles. The molecule has 35 heavy (non-hydrogen) atoms. The van der Waals surface area contributed by atoms with E-state index in [4.69, 9.17) is 5.73 Å². The molecule has 0 aliphatic carbocycles. The highest BCUT2D eigenvalue weighted by Crippen LogP contribution is 2.25. The van der Waals surface area contributed by atoms with Crippen molar-refractivity contribution in [3.8, 4) is 0 Å². The van der Waals surface area contributed by atoms with Crippen molar-refractivity contribution in [3.63, 3.8) is 0 Å². The number of rotatable bonds is 8. The molecule has 1 amide bonds. The molecule has 0 spiro atoms. The van der Waals surface area contributed by atoms with Crippen LogP contribution in [0, 0.1) is 0 Å². The van der Waals surface area contributed by atoms with E-state index in [1.807, 2.05) is 13.0 Å². The second-order valence-corrected chi connectivity index (χ2v) is 8.03. The Hall–Kier alpha value is -4.28. The van der Waals surface area contributed by atoms with Crippen LogP contribution < -0.4 is 21.9 Å². The number of anilines is 2. The van der Waals surface area contributed by atoms with Crippen LogP contribution in [0.5, 0.6) is 0 Å². The number of unbranched alkanes of at least 4 members (excludes halogenated alkanes) is 1. The molecule has 2 aromatic carbocycles. The highest BCUT2D eigenvalue weighted by Gasteiger charge is 2.26. The van der Waals surface area contributed by atoms with Gasteiger partial charge in [0.1, 0.15) is 5.82 Å². The van der Waals surface area contributed by atoms with Gasteiger partial charge in [-0.15, -0.1) is 0 Å². The van der Waals surface area contributed by atoms with Crippen LogP contribution in [0.4, 0.5) is 20.3 Å². The van der Waals surface area contributed by atoms with Crippen LogP contribution in [0.15, 0.2) is 58.1 Å². The summed E-state index contributed by atoms with van der Waals surface area (Å²) in [6.45, 7) is 2.21. The number of halogens is 2. The summed E-state index contributed by atoms with van der Waals surface area (Å²) in [5.41, 5.74) is 6.03. The number of nitrogens with zero attached hydrogens (tertiary/aromatic N) is 3. The van der Waals surface area contributed by atoms with Gasteiger partial charge in [0, 0.05) is 12.1 Å². The van der Waals surface area contributed by atoms with Crippen LogP contribution in [0.2, 0.25) is 0 Å². The highest BCUT2D eigenvalue weighted by atomic mass is 19.3. The number of hydrogen-bond acceptors (Lipinski definition) is 5. The van der Waals surface area contributed by atoms with Crippen molar-refractivity contribution in [2.24, 2.45) is 0 Å². The number of benzene rings is 2. The number of alkyl halides is 2. The number of hydrogen-bond donors (Lipinski definition) is 3. The van der Waals surface area contributed by atoms with Gasteiger partial charge in [-0.25, -0.2) is 18.6 Å². The molecule has 0 bridgehead atoms. The Morgan fingerprint density at radius 3 is 2.57 bits per heavy atom. The summed E-state index contributed by atoms with van der Waals surface area (Å²) >= 11 is 0. The fraction of sp³-hybridized carbons (Fsp3) is 0.250. The lowest BCUT2D eigenvalue weighted by molar-refractivity contribution is 0.0985. The number of carbonyl (C=O) groups is 1. The van der Waals surface area contributed by atoms with Crippen molar-refractivity contribution in [2.45, 2.75) is 39.3 Å². The first-order valence-electron chi connectivity index (χ1n) is 11.1. The summed E-state index contributed by atoms with van der Waals surface area (Å²) in [5.74, 6) is -1.23. The van der Waals surface area contributed by atoms with Crippen molar-refractivity contribution in [3.05, 3.63) is 86.3 Å². The average Bonchev–Trinajstić information content (AvgIpc) is 3.27. The fourth-order valence-corrected chi connectivity index (χ4v) is 3.82. The molecule has 0 unspecified atom stereocenters. The van der Waals surface area contributed by atoms with Gasteiger partial charge in [0.25, 0.3) is 17.9 Å². The Bertz CT molecular complexity index is 1480. The maximum atomic E-state index is 13.7. The number of carbonyl (C=O) groups excluding carboxylic acids is 1. The summed E-state index contributed by atoms with van der Waals surface area (Å²) in [6, 6.07) is 13.2. The molecule has 0 saturated heterocycles. The lowest BCUT2D eigenvalue weighted by Crippen LogP contribution is -2.41. The number of imidazole rings is 1. The SMILES string of the molecule is CCCCn1c(N)c(N(Cc2ccccc2)C(=O)c2ccc3nc(C(F)F)[nH]c3c2)c(=O)[nH]c1=O. The first kappa shape index (κ1) is 23.9. The molecule has 9 nitrogen and oxygen atoms in total. The largest absolute Gasteiger partial charge is 0.383 e. The predicted octanol–water partition coefficient (Wildman–Crippen LogP) is 3.58. The van der Waals surface area contributed by atoms with Crippen molar-refractivity contribution < 1.29 is 13.6 Å². The van der Waals surface area contributed by atoms with E-state index < -0.39 is 29.4 Å². The first-order chi connectivity index (χ1) is 16.8. The summed E-state index contributed by atoms with van der Waals surface area (Å²) < 4.78 is 27.3. The number of nitrogens with two attached hydrogens (primary N) is 1. The van der Waals surface area contributed by atoms with E-state index >= 15 is 0 Å². The smallest absolute Gasteiger partial charge is 0.330 e. The van der Waals surface area contributed by atoms with Crippen LogP contribution >= 0.6 is 0 Å². The number of fused-ring (bicyclic) bond motifs is 1. The molecule has 0 aliphatic rings. The molecule has 0 radical (unpaired) electrons. The normalized spacial score (nSPS) is 11.3. The van der Waals surface area contributed by atoms with E-state index in [1.54, 1.807) is 24.3 Å². The zero-order valence-electron chi connectivity index (χ0n) is 18.9. The zero-order chi connectivity index (χ0) is 25.1. The van der Waals surface area contributed by atoms with Crippen LogP contribution in [0.1, 0.15) is 47.9 Å². The van der Waals surface area contributed by atoms with Gasteiger partial charge in [-0.2, -0.15) is 0 Å². The van der Waals surface area contributed by atoms with Gasteiger partial charge in [-0.3, -0.25) is 24.0 Å². The van der Waals surface area contributed by atoms with Gasteiger partial charge in [0.05, 0.1) is 17.6 Å². The van der Waals surface area contributed by atoms with Crippen molar-refractivity contribution >= 4 is 28.4 Å². The molecule has 182 valence electrons. The van der Waals surface area contributed by atoms with E-state index in [9.17, 15) is 23.2 Å². The fourth-order valence-electron chi connectivity index (χ4n) is 3.82. The van der Waals surface area contributed by atoms with Gasteiger partial charge in [0.15, 0.2) is 11.5 Å². The lowest BCUT2D eigenvalue weighted by Gasteiger charge is -2.25. The molecular formula is C24H24F2N6O3. The molecular weight excluding hydrogens is 458 g/mol. The Morgan fingerprint density at radius 2 is 1.89 bits per heavy atom. The minimum atomic E-state index is -2.79. The van der Waals surface area contributed by atoms with Crippen molar-refractivity contribution in [1.29, 1.82) is 0 Å². The zero-order valence-corrected chi connectivity index (χ0v) is 18.9. The van der Waals surface area contributed by atoms with Gasteiger partial charge in [-0.05, 0) is 30.2 Å². The second kappa shape index (κ2) is 9.92. The van der Waals surface area contributed by atoms with Crippen LogP contribution in [0.3, 0.4) is 0 Å². The van der Waals surface area contributed by atoms with Gasteiger partial charge in [0.2, 0.25) is 0 Å². The van der Waals surface area contributed by atoms with E-state index in [0.29, 0.717) is 12.0 Å². The third-order valence-electron chi connectivity index (χ3n) is 5.60. The molecule has 4 rings (SSSR count). The number of amides is 1. The molecule has 0 atom stereocenters. The quantitative estimate of drug-likeness (QED) is 0.353. The lowest BCUT2D eigenvalue weighted by atomic mass is 10.1. The molecule has 4 aromatic rings. The van der Waals surface area contributed by atoms with Gasteiger partial charge < -0.3 is 10.7 Å². The third-order valence-corrected chi connectivity index (χ3v) is 5.60.